The molecule has 112 valence electrons. The summed E-state index contributed by atoms with van der Waals surface area (Å²) in [4.78, 5) is 1.99. The van der Waals surface area contributed by atoms with Gasteiger partial charge in [-0.15, -0.1) is 0 Å². The highest BCUT2D eigenvalue weighted by Crippen LogP contribution is 2.28. The predicted molar refractivity (Wildman–Crippen MR) is 90.1 cm³/mol. The lowest BCUT2D eigenvalue weighted by atomic mass is 10.2. The summed E-state index contributed by atoms with van der Waals surface area (Å²) in [7, 11) is 0.0374. The molecule has 0 atom stereocenters. The Morgan fingerprint density at radius 1 is 1.14 bits per heavy atom. The average molecular weight is 370 g/mol. The van der Waals surface area contributed by atoms with E-state index in [4.69, 9.17) is 5.73 Å². The number of nitrogens with two attached hydrogens (primary N) is 1. The Morgan fingerprint density at radius 3 is 2.43 bits per heavy atom. The molecule has 5 nitrogen and oxygen atoms in total. The molecule has 0 fully saturated rings. The van der Waals surface area contributed by atoms with Crippen LogP contribution in [0.3, 0.4) is 0 Å². The number of halogens is 1. The van der Waals surface area contributed by atoms with Crippen molar-refractivity contribution in [2.45, 2.75) is 4.90 Å². The summed E-state index contributed by atoms with van der Waals surface area (Å²) >= 11 is 3.24. The van der Waals surface area contributed by atoms with Crippen LogP contribution in [0.2, 0.25) is 0 Å². The van der Waals surface area contributed by atoms with Crippen LogP contribution in [-0.2, 0) is 10.0 Å². The van der Waals surface area contributed by atoms with E-state index in [-0.39, 0.29) is 4.90 Å². The number of nitrogens with one attached hydrogen (secondary N) is 1. The van der Waals surface area contributed by atoms with Crippen molar-refractivity contribution in [1.82, 2.24) is 0 Å². The molecule has 0 saturated heterocycles. The van der Waals surface area contributed by atoms with Gasteiger partial charge >= 0.3 is 0 Å². The van der Waals surface area contributed by atoms with Gasteiger partial charge in [-0.05, 0) is 46.3 Å². The maximum absolute atomic E-state index is 12.4. The minimum absolute atomic E-state index is 0.150. The number of nitrogens with zero attached hydrogens (tertiary/aromatic N) is 1. The van der Waals surface area contributed by atoms with E-state index in [1.54, 1.807) is 18.2 Å². The van der Waals surface area contributed by atoms with E-state index in [0.717, 1.165) is 5.69 Å². The molecule has 3 N–H and O–H groups in total. The number of benzene rings is 2. The van der Waals surface area contributed by atoms with Crippen LogP contribution in [0.15, 0.2) is 51.8 Å². The van der Waals surface area contributed by atoms with Crippen LogP contribution in [0, 0.1) is 0 Å². The first-order chi connectivity index (χ1) is 9.81. The fourth-order valence-electron chi connectivity index (χ4n) is 1.83. The highest BCUT2D eigenvalue weighted by atomic mass is 79.9. The van der Waals surface area contributed by atoms with E-state index >= 15 is 0 Å². The largest absolute Gasteiger partial charge is 0.398 e. The van der Waals surface area contributed by atoms with Crippen molar-refractivity contribution >= 4 is 43.0 Å². The van der Waals surface area contributed by atoms with Gasteiger partial charge in [-0.25, -0.2) is 8.42 Å². The predicted octanol–water partition coefficient (Wildman–Crippen LogP) is 2.90. The van der Waals surface area contributed by atoms with Crippen LogP contribution in [0.25, 0.3) is 0 Å². The zero-order chi connectivity index (χ0) is 15.6. The SMILES string of the molecule is CN(C)c1ccccc1NS(=O)(=O)c1ccc(N)c(Br)c1. The minimum atomic E-state index is -3.67. The minimum Gasteiger partial charge on any atom is -0.398 e. The lowest BCUT2D eigenvalue weighted by Crippen LogP contribution is -2.17. The molecular weight excluding hydrogens is 354 g/mol. The number of rotatable bonds is 4. The second kappa shape index (κ2) is 5.95. The Labute approximate surface area is 132 Å². The van der Waals surface area contributed by atoms with Crippen LogP contribution in [-0.4, -0.2) is 22.5 Å². The normalized spacial score (nSPS) is 11.2. The first-order valence-corrected chi connectivity index (χ1v) is 8.43. The number of anilines is 3. The van der Waals surface area contributed by atoms with Crippen molar-refractivity contribution in [2.75, 3.05) is 29.5 Å². The second-order valence-corrected chi connectivity index (χ2v) is 7.24. The third kappa shape index (κ3) is 3.48. The zero-order valence-electron chi connectivity index (χ0n) is 11.7. The first-order valence-electron chi connectivity index (χ1n) is 6.15. The van der Waals surface area contributed by atoms with Gasteiger partial charge in [0.2, 0.25) is 0 Å². The monoisotopic (exact) mass is 369 g/mol. The Balaban J connectivity index is 2.40. The number of sulfonamides is 1. The molecule has 21 heavy (non-hydrogen) atoms. The van der Waals surface area contributed by atoms with Crippen molar-refractivity contribution in [1.29, 1.82) is 0 Å². The fraction of sp³-hybridized carbons (Fsp3) is 0.143. The van der Waals surface area contributed by atoms with Gasteiger partial charge in [0.1, 0.15) is 0 Å². The summed E-state index contributed by atoms with van der Waals surface area (Å²) in [5, 5.41) is 0. The molecule has 0 aliphatic heterocycles. The molecule has 2 aromatic rings. The molecule has 0 saturated carbocycles. The van der Waals surface area contributed by atoms with Gasteiger partial charge in [-0.1, -0.05) is 12.1 Å². The van der Waals surface area contributed by atoms with Gasteiger partial charge in [0.05, 0.1) is 16.3 Å². The molecule has 0 radical (unpaired) electrons. The van der Waals surface area contributed by atoms with Gasteiger partial charge in [0, 0.05) is 24.3 Å². The van der Waals surface area contributed by atoms with Crippen LogP contribution in [0.4, 0.5) is 17.1 Å². The van der Waals surface area contributed by atoms with Gasteiger partial charge < -0.3 is 10.6 Å². The Bertz CT molecular complexity index is 761. The third-order valence-electron chi connectivity index (χ3n) is 2.91. The van der Waals surface area contributed by atoms with Gasteiger partial charge in [0.15, 0.2) is 0 Å². The van der Waals surface area contributed by atoms with E-state index in [1.165, 1.54) is 12.1 Å². The Kier molecular flexibility index (Phi) is 4.43. The number of nitrogen functional groups attached to an aromatic ring is 1. The molecule has 0 heterocycles. The molecule has 0 amide bonds. The summed E-state index contributed by atoms with van der Waals surface area (Å²) in [5.74, 6) is 0. The van der Waals surface area contributed by atoms with Gasteiger partial charge in [-0.2, -0.15) is 0 Å². The molecule has 0 unspecified atom stereocenters. The summed E-state index contributed by atoms with van der Waals surface area (Å²) < 4.78 is 28.0. The summed E-state index contributed by atoms with van der Waals surface area (Å²) in [6.07, 6.45) is 0. The van der Waals surface area contributed by atoms with E-state index in [2.05, 4.69) is 20.7 Å². The third-order valence-corrected chi connectivity index (χ3v) is 4.96. The Morgan fingerprint density at radius 2 is 1.81 bits per heavy atom. The summed E-state index contributed by atoms with van der Waals surface area (Å²) in [5.41, 5.74) is 7.48. The first kappa shape index (κ1) is 15.7. The van der Waals surface area contributed by atoms with Crippen molar-refractivity contribution in [3.63, 3.8) is 0 Å². The zero-order valence-corrected chi connectivity index (χ0v) is 14.1. The molecule has 2 rings (SSSR count). The molecule has 2 aromatic carbocycles. The molecular formula is C14H16BrN3O2S. The number of para-hydroxylation sites is 2. The average Bonchev–Trinajstić information content (AvgIpc) is 2.41. The summed E-state index contributed by atoms with van der Waals surface area (Å²) in [6, 6.07) is 11.7. The van der Waals surface area contributed by atoms with Gasteiger partial charge in [-0.3, -0.25) is 4.72 Å². The van der Waals surface area contributed by atoms with E-state index in [0.29, 0.717) is 15.8 Å². The lowest BCUT2D eigenvalue weighted by Gasteiger charge is -2.18. The number of hydrogen-bond donors (Lipinski definition) is 2. The maximum atomic E-state index is 12.4. The summed E-state index contributed by atoms with van der Waals surface area (Å²) in [6.45, 7) is 0. The van der Waals surface area contributed by atoms with E-state index < -0.39 is 10.0 Å². The van der Waals surface area contributed by atoms with Crippen molar-refractivity contribution in [2.24, 2.45) is 0 Å². The lowest BCUT2D eigenvalue weighted by molar-refractivity contribution is 0.601. The van der Waals surface area contributed by atoms with E-state index in [1.807, 2.05) is 31.1 Å². The van der Waals surface area contributed by atoms with Crippen molar-refractivity contribution in [3.05, 3.63) is 46.9 Å². The molecule has 0 spiro atoms. The molecule has 0 bridgehead atoms. The fourth-order valence-corrected chi connectivity index (χ4v) is 3.46. The standard InChI is InChI=1S/C14H16BrN3O2S/c1-18(2)14-6-4-3-5-13(14)17-21(19,20)10-7-8-12(16)11(15)9-10/h3-9,17H,16H2,1-2H3. The maximum Gasteiger partial charge on any atom is 0.262 e. The van der Waals surface area contributed by atoms with Crippen LogP contribution in [0.5, 0.6) is 0 Å². The van der Waals surface area contributed by atoms with Crippen LogP contribution in [0.1, 0.15) is 0 Å². The van der Waals surface area contributed by atoms with Crippen molar-refractivity contribution < 1.29 is 8.42 Å². The molecule has 0 aromatic heterocycles. The molecule has 7 heteroatoms. The smallest absolute Gasteiger partial charge is 0.262 e. The highest BCUT2D eigenvalue weighted by Gasteiger charge is 2.17. The molecule has 0 aliphatic rings. The molecule has 0 aliphatic carbocycles. The topological polar surface area (TPSA) is 75.4 Å². The van der Waals surface area contributed by atoms with E-state index in [9.17, 15) is 8.42 Å². The van der Waals surface area contributed by atoms with Gasteiger partial charge in [0.25, 0.3) is 10.0 Å². The Hall–Kier alpha value is -1.73. The quantitative estimate of drug-likeness (QED) is 0.812. The number of hydrogen-bond acceptors (Lipinski definition) is 4. The van der Waals surface area contributed by atoms with Crippen LogP contribution >= 0.6 is 15.9 Å². The highest BCUT2D eigenvalue weighted by molar-refractivity contribution is 9.10. The second-order valence-electron chi connectivity index (χ2n) is 4.70. The van der Waals surface area contributed by atoms with Crippen molar-refractivity contribution in [3.8, 4) is 0 Å². The van der Waals surface area contributed by atoms with Crippen LogP contribution < -0.4 is 15.4 Å².